The number of carboxylic acids is 1. The number of rotatable bonds is 8. The van der Waals surface area contributed by atoms with Crippen LogP contribution in [0.3, 0.4) is 0 Å². The molecule has 1 aliphatic rings. The number of nitrogens with one attached hydrogen (secondary N) is 1. The van der Waals surface area contributed by atoms with Crippen LogP contribution in [0.15, 0.2) is 46.6 Å². The Balaban J connectivity index is 1.87. The zero-order valence-corrected chi connectivity index (χ0v) is 17.9. The summed E-state index contributed by atoms with van der Waals surface area (Å²) in [6, 6.07) is 8.65. The van der Waals surface area contributed by atoms with E-state index >= 15 is 0 Å². The Bertz CT molecular complexity index is 1070. The van der Waals surface area contributed by atoms with Gasteiger partial charge in [0.1, 0.15) is 24.7 Å². The van der Waals surface area contributed by atoms with E-state index in [9.17, 15) is 18.8 Å². The van der Waals surface area contributed by atoms with Crippen molar-refractivity contribution in [1.29, 1.82) is 0 Å². The minimum atomic E-state index is -1.30. The molecular formula is C21H18BrFN2O6. The van der Waals surface area contributed by atoms with Crippen LogP contribution in [0.4, 0.5) is 9.18 Å². The lowest BCUT2D eigenvalue weighted by Crippen LogP contribution is -2.35. The molecule has 0 aliphatic carbocycles. The minimum absolute atomic E-state index is 0.0233. The number of hydrogen-bond acceptors (Lipinski definition) is 5. The number of amides is 3. The lowest BCUT2D eigenvalue weighted by atomic mass is 10.1. The van der Waals surface area contributed by atoms with E-state index in [0.29, 0.717) is 38.6 Å². The smallest absolute Gasteiger partial charge is 0.329 e. The Labute approximate surface area is 185 Å². The van der Waals surface area contributed by atoms with Crippen molar-refractivity contribution in [3.05, 3.63) is 63.5 Å². The summed E-state index contributed by atoms with van der Waals surface area (Å²) in [4.78, 5) is 35.6. The van der Waals surface area contributed by atoms with Crippen LogP contribution in [0, 0.1) is 5.82 Å². The molecule has 0 aromatic heterocycles. The first-order valence-corrected chi connectivity index (χ1v) is 9.98. The Morgan fingerprint density at radius 2 is 2.00 bits per heavy atom. The van der Waals surface area contributed by atoms with Crippen molar-refractivity contribution in [3.63, 3.8) is 0 Å². The first-order chi connectivity index (χ1) is 14.8. The van der Waals surface area contributed by atoms with Gasteiger partial charge in [0.15, 0.2) is 11.5 Å². The highest BCUT2D eigenvalue weighted by Gasteiger charge is 2.34. The van der Waals surface area contributed by atoms with Gasteiger partial charge in [-0.15, -0.1) is 0 Å². The first kappa shape index (κ1) is 22.3. The lowest BCUT2D eigenvalue weighted by molar-refractivity contribution is -0.140. The molecule has 31 heavy (non-hydrogen) atoms. The largest absolute Gasteiger partial charge is 0.490 e. The third-order valence-corrected chi connectivity index (χ3v) is 4.82. The van der Waals surface area contributed by atoms with Crippen molar-refractivity contribution in [1.82, 2.24) is 10.2 Å². The highest BCUT2D eigenvalue weighted by molar-refractivity contribution is 9.10. The topological polar surface area (TPSA) is 105 Å². The summed E-state index contributed by atoms with van der Waals surface area (Å²) in [5.74, 6) is -1.75. The van der Waals surface area contributed by atoms with E-state index in [2.05, 4.69) is 21.2 Å². The molecular weight excluding hydrogens is 475 g/mol. The molecule has 2 aromatic rings. The molecule has 0 unspecified atom stereocenters. The number of urea groups is 1. The predicted octanol–water partition coefficient (Wildman–Crippen LogP) is 3.54. The van der Waals surface area contributed by atoms with Crippen LogP contribution < -0.4 is 14.8 Å². The molecule has 1 aliphatic heterocycles. The Morgan fingerprint density at radius 1 is 1.26 bits per heavy atom. The second-order valence-electron chi connectivity index (χ2n) is 6.42. The molecule has 0 spiro atoms. The number of halogens is 2. The fourth-order valence-electron chi connectivity index (χ4n) is 2.86. The molecule has 0 bridgehead atoms. The van der Waals surface area contributed by atoms with Crippen LogP contribution in [-0.4, -0.2) is 41.1 Å². The van der Waals surface area contributed by atoms with Gasteiger partial charge in [-0.1, -0.05) is 18.2 Å². The van der Waals surface area contributed by atoms with Crippen molar-refractivity contribution in [2.75, 3.05) is 13.2 Å². The van der Waals surface area contributed by atoms with E-state index in [4.69, 9.17) is 14.6 Å². The zero-order chi connectivity index (χ0) is 22.5. The average molecular weight is 493 g/mol. The van der Waals surface area contributed by atoms with E-state index in [1.165, 1.54) is 12.1 Å². The van der Waals surface area contributed by atoms with Gasteiger partial charge in [-0.3, -0.25) is 9.59 Å². The third-order valence-electron chi connectivity index (χ3n) is 4.23. The van der Waals surface area contributed by atoms with Gasteiger partial charge in [0.2, 0.25) is 0 Å². The molecule has 0 radical (unpaired) electrons. The summed E-state index contributed by atoms with van der Waals surface area (Å²) in [5.41, 5.74) is 0.802. The van der Waals surface area contributed by atoms with Gasteiger partial charge in [-0.2, -0.15) is 0 Å². The Morgan fingerprint density at radius 3 is 2.68 bits per heavy atom. The van der Waals surface area contributed by atoms with Gasteiger partial charge >= 0.3 is 12.0 Å². The van der Waals surface area contributed by atoms with E-state index in [1.807, 2.05) is 0 Å². The summed E-state index contributed by atoms with van der Waals surface area (Å²) in [7, 11) is 0. The number of hydrogen-bond donors (Lipinski definition) is 2. The van der Waals surface area contributed by atoms with Crippen molar-refractivity contribution < 1.29 is 33.4 Å². The van der Waals surface area contributed by atoms with Gasteiger partial charge < -0.3 is 19.9 Å². The minimum Gasteiger partial charge on any atom is -0.490 e. The van der Waals surface area contributed by atoms with Gasteiger partial charge in [0.05, 0.1) is 11.1 Å². The second kappa shape index (κ2) is 9.61. The number of imide groups is 1. The number of carbonyl (C=O) groups is 3. The summed E-state index contributed by atoms with van der Waals surface area (Å²) in [5, 5.41) is 11.2. The molecule has 2 N–H and O–H groups in total. The molecule has 10 heteroatoms. The molecule has 3 rings (SSSR count). The summed E-state index contributed by atoms with van der Waals surface area (Å²) < 4.78 is 25.8. The van der Waals surface area contributed by atoms with Crippen molar-refractivity contribution in [2.24, 2.45) is 0 Å². The molecule has 162 valence electrons. The van der Waals surface area contributed by atoms with Gasteiger partial charge in [-0.05, 0) is 52.7 Å². The summed E-state index contributed by atoms with van der Waals surface area (Å²) in [6.45, 7) is 1.35. The van der Waals surface area contributed by atoms with Crippen LogP contribution in [0.5, 0.6) is 11.5 Å². The molecule has 0 atom stereocenters. The molecule has 1 fully saturated rings. The fraction of sp³-hybridized carbons (Fsp3) is 0.190. The van der Waals surface area contributed by atoms with Gasteiger partial charge in [0.25, 0.3) is 5.91 Å². The molecule has 1 saturated heterocycles. The van der Waals surface area contributed by atoms with Crippen LogP contribution in [0.1, 0.15) is 18.1 Å². The molecule has 1 heterocycles. The Hall–Kier alpha value is -3.40. The highest BCUT2D eigenvalue weighted by atomic mass is 79.9. The number of aliphatic carboxylic acids is 1. The van der Waals surface area contributed by atoms with E-state index < -0.39 is 24.5 Å². The van der Waals surface area contributed by atoms with Crippen molar-refractivity contribution >= 4 is 39.9 Å². The van der Waals surface area contributed by atoms with E-state index in [1.54, 1.807) is 37.3 Å². The Kier molecular flexibility index (Phi) is 6.91. The highest BCUT2D eigenvalue weighted by Crippen LogP contribution is 2.38. The number of carboxylic acid groups (broad SMARTS) is 1. The molecule has 2 aromatic carbocycles. The SMILES string of the molecule is CCOc1cc(/C=C2/NC(=O)N(CC(=O)O)C2=O)cc(Br)c1OCc1ccccc1F. The number of carbonyl (C=O) groups excluding carboxylic acids is 2. The van der Waals surface area contributed by atoms with E-state index in [0.717, 1.165) is 0 Å². The molecule has 0 saturated carbocycles. The quantitative estimate of drug-likeness (QED) is 0.431. The maximum Gasteiger partial charge on any atom is 0.329 e. The van der Waals surface area contributed by atoms with E-state index in [-0.39, 0.29) is 18.1 Å². The van der Waals surface area contributed by atoms with Crippen LogP contribution >= 0.6 is 15.9 Å². The van der Waals surface area contributed by atoms with Gasteiger partial charge in [0, 0.05) is 5.56 Å². The fourth-order valence-corrected chi connectivity index (χ4v) is 3.43. The summed E-state index contributed by atoms with van der Waals surface area (Å²) in [6.07, 6.45) is 1.40. The van der Waals surface area contributed by atoms with Crippen molar-refractivity contribution in [2.45, 2.75) is 13.5 Å². The molecule has 8 nitrogen and oxygen atoms in total. The number of benzene rings is 2. The second-order valence-corrected chi connectivity index (χ2v) is 7.27. The third kappa shape index (κ3) is 5.21. The predicted molar refractivity (Wildman–Crippen MR) is 112 cm³/mol. The number of nitrogens with zero attached hydrogens (tertiary/aromatic N) is 1. The monoisotopic (exact) mass is 492 g/mol. The van der Waals surface area contributed by atoms with Crippen LogP contribution in [-0.2, 0) is 16.2 Å². The van der Waals surface area contributed by atoms with Crippen LogP contribution in [0.2, 0.25) is 0 Å². The summed E-state index contributed by atoms with van der Waals surface area (Å²) >= 11 is 3.39. The molecule has 3 amide bonds. The first-order valence-electron chi connectivity index (χ1n) is 9.19. The number of ether oxygens (including phenoxy) is 2. The van der Waals surface area contributed by atoms with Crippen LogP contribution in [0.25, 0.3) is 6.08 Å². The normalized spacial score (nSPS) is 14.7. The standard InChI is InChI=1S/C21H18BrFN2O6/c1-2-30-17-9-12(8-16-20(28)25(10-18(26)27)21(29)24-16)7-14(22)19(17)31-11-13-5-3-4-6-15(13)23/h3-9H,2,10-11H2,1H3,(H,24,29)(H,26,27)/b16-8+. The maximum absolute atomic E-state index is 13.9. The lowest BCUT2D eigenvalue weighted by Gasteiger charge is -2.15. The maximum atomic E-state index is 13.9. The average Bonchev–Trinajstić information content (AvgIpc) is 2.96. The van der Waals surface area contributed by atoms with Crippen molar-refractivity contribution in [3.8, 4) is 11.5 Å². The van der Waals surface area contributed by atoms with Gasteiger partial charge in [-0.25, -0.2) is 14.1 Å². The zero-order valence-electron chi connectivity index (χ0n) is 16.4.